The fourth-order valence-corrected chi connectivity index (χ4v) is 0. The Hall–Kier alpha value is 0.0200. The van der Waals surface area contributed by atoms with Crippen molar-refractivity contribution < 1.29 is 4.79 Å². The average Bonchev–Trinajstić information content (AvgIpc) is 0.811. The van der Waals surface area contributed by atoms with E-state index in [4.69, 9.17) is 4.79 Å². The molecule has 0 aliphatic heterocycles. The lowest BCUT2D eigenvalue weighted by atomic mass is 10.9. The van der Waals surface area contributed by atoms with Crippen molar-refractivity contribution in [3.63, 3.8) is 0 Å². The molecule has 0 atom stereocenters. The van der Waals surface area contributed by atoms with Gasteiger partial charge in [0.1, 0.15) is 0 Å². The predicted octanol–water partition coefficient (Wildman–Crippen LogP) is 0.154. The highest BCUT2D eigenvalue weighted by Gasteiger charge is 1.65. The molecule has 0 aromatic rings. The van der Waals surface area contributed by atoms with Crippen molar-refractivity contribution in [2.75, 3.05) is 0 Å². The number of carbonyl (C=O) groups excluding carboxylic acids is 1. The zero-order valence-electron chi connectivity index (χ0n) is 1.93. The molecule has 0 heterocycles. The number of carbonyl (C=O) groups is 1. The molecule has 1 nitrogen and oxygen atoms in total. The Morgan fingerprint density at radius 3 is 2.00 bits per heavy atom. The summed E-state index contributed by atoms with van der Waals surface area (Å²) in [6, 6.07) is 0. The molecule has 0 amide bonds. The summed E-state index contributed by atoms with van der Waals surface area (Å²) in [4.78, 5) is 9.09. The minimum absolute atomic E-state index is 0.639. The lowest BCUT2D eigenvalue weighted by Gasteiger charge is -1.54. The van der Waals surface area contributed by atoms with Crippen molar-refractivity contribution in [2.24, 2.45) is 0 Å². The van der Waals surface area contributed by atoms with Gasteiger partial charge in [0, 0.05) is 0 Å². The van der Waals surface area contributed by atoms with Crippen LogP contribution in [-0.4, -0.2) is 5.12 Å². The minimum Gasteiger partial charge on any atom is -0.287 e. The molecule has 0 aliphatic rings. The zero-order chi connectivity index (χ0) is 3.58. The zero-order valence-corrected chi connectivity index (χ0v) is 2.83. The van der Waals surface area contributed by atoms with Gasteiger partial charge in [0.15, 0.2) is 5.12 Å². The van der Waals surface area contributed by atoms with Crippen LogP contribution in [0.4, 0.5) is 0 Å². The molecule has 22 valence electrons. The van der Waals surface area contributed by atoms with E-state index in [0.717, 1.165) is 0 Å². The Morgan fingerprint density at radius 1 is 2.00 bits per heavy atom. The van der Waals surface area contributed by atoms with Gasteiger partial charge in [-0.1, -0.05) is 0 Å². The summed E-state index contributed by atoms with van der Waals surface area (Å²) in [5.74, 6) is 0. The molecule has 0 saturated heterocycles. The van der Waals surface area contributed by atoms with Gasteiger partial charge in [-0.25, -0.2) is 0 Å². The SMILES string of the molecule is [CH]C(=O)S. The number of hydrogen-bond donors (Lipinski definition) is 1. The van der Waals surface area contributed by atoms with E-state index in [0.29, 0.717) is 0 Å². The van der Waals surface area contributed by atoms with Crippen LogP contribution >= 0.6 is 12.6 Å². The van der Waals surface area contributed by atoms with Gasteiger partial charge in [0.05, 0.1) is 6.92 Å². The van der Waals surface area contributed by atoms with Crippen molar-refractivity contribution >= 4 is 17.7 Å². The Morgan fingerprint density at radius 2 is 2.00 bits per heavy atom. The molecule has 0 N–H and O–H groups in total. The van der Waals surface area contributed by atoms with Gasteiger partial charge in [-0.3, -0.25) is 4.79 Å². The lowest BCUT2D eigenvalue weighted by molar-refractivity contribution is -0.107. The molecule has 0 aromatic carbocycles. The monoisotopic (exact) mass is 74.0 g/mol. The van der Waals surface area contributed by atoms with Crippen molar-refractivity contribution in [1.82, 2.24) is 0 Å². The van der Waals surface area contributed by atoms with E-state index < -0.39 is 5.12 Å². The van der Waals surface area contributed by atoms with Gasteiger partial charge in [0.2, 0.25) is 0 Å². The van der Waals surface area contributed by atoms with Crippen LogP contribution in [0.1, 0.15) is 0 Å². The lowest BCUT2D eigenvalue weighted by Crippen LogP contribution is -1.63. The molecule has 0 aromatic heterocycles. The second-order valence-corrected chi connectivity index (χ2v) is 0.779. The van der Waals surface area contributed by atoms with Crippen molar-refractivity contribution in [2.45, 2.75) is 0 Å². The fraction of sp³-hybridized carbons (Fsp3) is 0. The Bertz CT molecular complexity index is 29.0. The third-order valence-corrected chi connectivity index (χ3v) is 0. The molecule has 0 rings (SSSR count). The molecule has 0 bridgehead atoms. The Kier molecular flexibility index (Phi) is 1.36. The van der Waals surface area contributed by atoms with Crippen LogP contribution in [0.3, 0.4) is 0 Å². The van der Waals surface area contributed by atoms with Gasteiger partial charge in [-0.05, 0) is 0 Å². The van der Waals surface area contributed by atoms with Crippen molar-refractivity contribution in [1.29, 1.82) is 0 Å². The van der Waals surface area contributed by atoms with Crippen LogP contribution in [0.2, 0.25) is 0 Å². The maximum atomic E-state index is 9.09. The molecular weight excluding hydrogens is 72.1 g/mol. The summed E-state index contributed by atoms with van der Waals surface area (Å²) in [5, 5.41) is -0.639. The van der Waals surface area contributed by atoms with Gasteiger partial charge in [0.25, 0.3) is 0 Å². The molecule has 4 heavy (non-hydrogen) atoms. The highest BCUT2D eigenvalue weighted by Crippen LogP contribution is 1.65. The predicted molar refractivity (Wildman–Crippen MR) is 18.3 cm³/mol. The highest BCUT2D eigenvalue weighted by molar-refractivity contribution is 7.96. The first kappa shape index (κ1) is 4.02. The summed E-state index contributed by atoms with van der Waals surface area (Å²) in [6.07, 6.45) is 0. The van der Waals surface area contributed by atoms with E-state index >= 15 is 0 Å². The van der Waals surface area contributed by atoms with Crippen LogP contribution in [-0.2, 0) is 4.79 Å². The molecule has 0 unspecified atom stereocenters. The summed E-state index contributed by atoms with van der Waals surface area (Å²) in [6.45, 7) is 4.34. The molecule has 0 spiro atoms. The van der Waals surface area contributed by atoms with E-state index in [9.17, 15) is 0 Å². The van der Waals surface area contributed by atoms with E-state index in [1.807, 2.05) is 0 Å². The van der Waals surface area contributed by atoms with E-state index in [-0.39, 0.29) is 0 Å². The van der Waals surface area contributed by atoms with E-state index in [1.54, 1.807) is 0 Å². The smallest absolute Gasteiger partial charge is 0.190 e. The summed E-state index contributed by atoms with van der Waals surface area (Å²) in [7, 11) is 0. The van der Waals surface area contributed by atoms with Crippen LogP contribution in [0, 0.1) is 6.92 Å². The van der Waals surface area contributed by atoms with Crippen molar-refractivity contribution in [3.05, 3.63) is 6.92 Å². The number of hydrogen-bond acceptors (Lipinski definition) is 1. The van der Waals surface area contributed by atoms with Crippen molar-refractivity contribution in [3.8, 4) is 0 Å². The first-order valence-corrected chi connectivity index (χ1v) is 1.16. The Labute approximate surface area is 30.4 Å². The summed E-state index contributed by atoms with van der Waals surface area (Å²) in [5.41, 5.74) is 0. The largest absolute Gasteiger partial charge is 0.287 e. The van der Waals surface area contributed by atoms with E-state index in [2.05, 4.69) is 19.6 Å². The third-order valence-electron chi connectivity index (χ3n) is 0. The number of thiol groups is 1. The average molecular weight is 74.1 g/mol. The summed E-state index contributed by atoms with van der Waals surface area (Å²) >= 11 is 3.10. The quantitative estimate of drug-likeness (QED) is 0.405. The molecule has 0 aliphatic carbocycles. The topological polar surface area (TPSA) is 17.1 Å². The first-order chi connectivity index (χ1) is 1.73. The maximum Gasteiger partial charge on any atom is 0.190 e. The molecular formula is C2H2OS. The Balaban J connectivity index is 2.80. The van der Waals surface area contributed by atoms with Gasteiger partial charge in [-0.2, -0.15) is 0 Å². The van der Waals surface area contributed by atoms with Gasteiger partial charge >= 0.3 is 0 Å². The molecule has 0 fully saturated rings. The third kappa shape index (κ3) is 5250. The number of rotatable bonds is 0. The second-order valence-electron chi connectivity index (χ2n) is 0.338. The minimum atomic E-state index is -0.639. The normalized spacial score (nSPS) is 6.50. The first-order valence-electron chi connectivity index (χ1n) is 0.716. The standard InChI is InChI=1S/C2H2OS/c1-2(3)4/h1H,(H,3,4). The molecule has 2 heteroatoms. The fourth-order valence-electron chi connectivity index (χ4n) is 0. The van der Waals surface area contributed by atoms with Crippen LogP contribution in [0.25, 0.3) is 0 Å². The van der Waals surface area contributed by atoms with Crippen LogP contribution in [0.15, 0.2) is 0 Å². The molecule has 0 saturated carbocycles. The molecule has 2 radical (unpaired) electrons. The van der Waals surface area contributed by atoms with Gasteiger partial charge in [-0.15, -0.1) is 12.6 Å². The van der Waals surface area contributed by atoms with Gasteiger partial charge < -0.3 is 0 Å². The van der Waals surface area contributed by atoms with Crippen LogP contribution < -0.4 is 0 Å². The second kappa shape index (κ2) is 1.35. The van der Waals surface area contributed by atoms with Crippen LogP contribution in [0.5, 0.6) is 0 Å². The summed E-state index contributed by atoms with van der Waals surface area (Å²) < 4.78 is 0. The highest BCUT2D eigenvalue weighted by atomic mass is 32.1. The maximum absolute atomic E-state index is 9.09. The van der Waals surface area contributed by atoms with E-state index in [1.165, 1.54) is 0 Å².